The molecule has 0 unspecified atom stereocenters. The van der Waals surface area contributed by atoms with Crippen LogP contribution in [0.2, 0.25) is 0 Å². The summed E-state index contributed by atoms with van der Waals surface area (Å²) in [5.74, 6) is -1.31. The smallest absolute Gasteiger partial charge is 0.268 e. The Morgan fingerprint density at radius 2 is 0.768 bits per heavy atom. The molecule has 26 heteroatoms. The molecule has 95 heavy (non-hydrogen) atoms. The number of carbonyl (C=O) groups excluding carboxylic acids is 3. The van der Waals surface area contributed by atoms with Crippen molar-refractivity contribution in [1.29, 1.82) is 0 Å². The third-order valence-electron chi connectivity index (χ3n) is 14.3. The van der Waals surface area contributed by atoms with E-state index in [-0.39, 0.29) is 116 Å². The summed E-state index contributed by atoms with van der Waals surface area (Å²) in [7, 11) is -3.77. The summed E-state index contributed by atoms with van der Waals surface area (Å²) in [6.07, 6.45) is 7.06. The monoisotopic (exact) mass is 1360 g/mol. The minimum Gasteiger partial charge on any atom is -0.486 e. The fraction of sp³-hybridized carbons (Fsp3) is 0.261. The lowest BCUT2D eigenvalue weighted by Crippen LogP contribution is -2.27. The maximum absolute atomic E-state index is 14.5. The van der Waals surface area contributed by atoms with Gasteiger partial charge in [0.1, 0.15) is 47.9 Å². The maximum atomic E-state index is 14.5. The van der Waals surface area contributed by atoms with Crippen molar-refractivity contribution in [3.63, 3.8) is 0 Å². The van der Waals surface area contributed by atoms with Gasteiger partial charge in [-0.15, -0.1) is 0 Å². The van der Waals surface area contributed by atoms with E-state index in [1.165, 1.54) is 108 Å². The molecule has 0 saturated heterocycles. The average molecular weight is 1360 g/mol. The molecule has 0 aliphatic carbocycles. The van der Waals surface area contributed by atoms with Gasteiger partial charge in [-0.2, -0.15) is 0 Å². The Morgan fingerprint density at radius 1 is 0.453 bits per heavy atom. The normalized spacial score (nSPS) is 11.4. The summed E-state index contributed by atoms with van der Waals surface area (Å²) in [6, 6.07) is 40.7. The fourth-order valence-corrected chi connectivity index (χ4v) is 13.8. The topological polar surface area (TPSA) is 256 Å². The predicted molar refractivity (Wildman–Crippen MR) is 356 cm³/mol. The summed E-state index contributed by atoms with van der Waals surface area (Å²) in [5.41, 5.74) is 3.25. The van der Waals surface area contributed by atoms with E-state index >= 15 is 0 Å². The molecule has 504 valence electrons. The van der Waals surface area contributed by atoms with E-state index in [0.717, 1.165) is 24.8 Å². The van der Waals surface area contributed by atoms with Crippen molar-refractivity contribution in [3.8, 4) is 51.0 Å². The van der Waals surface area contributed by atoms with Crippen LogP contribution in [0.3, 0.4) is 0 Å². The number of Topliss-reactive ketones (excluding diaryl/α,β-unsaturated/α-hetero) is 2. The van der Waals surface area contributed by atoms with Crippen molar-refractivity contribution in [1.82, 2.24) is 32.8 Å². The van der Waals surface area contributed by atoms with Crippen LogP contribution in [0.25, 0.3) is 33.8 Å². The molecule has 0 aliphatic heterocycles. The first-order valence-corrected chi connectivity index (χ1v) is 34.4. The Kier molecular flexibility index (Phi) is 26.5. The molecule has 4 N–H and O–H groups in total. The molecular weight excluding hydrogens is 1290 g/mol. The number of unbranched alkanes of at least 4 members (excludes halogenated alkanes) is 1. The third kappa shape index (κ3) is 19.3. The van der Waals surface area contributed by atoms with Gasteiger partial charge in [-0.05, 0) is 142 Å². The lowest BCUT2D eigenvalue weighted by atomic mass is 10.1. The van der Waals surface area contributed by atoms with Crippen LogP contribution in [0.5, 0.6) is 17.2 Å². The Bertz CT molecular complexity index is 4270. The van der Waals surface area contributed by atoms with Gasteiger partial charge in [-0.1, -0.05) is 67.9 Å². The van der Waals surface area contributed by atoms with E-state index in [4.69, 9.17) is 19.3 Å². The number of rotatable bonds is 30. The SMILES string of the molecule is CCCCC(=O)COc1cccc(S(=O)(=O)n2cc(CNC)cc2-c2ccccc2F)c1.CNCc1cc(-c2ccccc2F)n(S(=O)(=O)c2cccc(OCC(=O)CCCO)c2)c1.CNCc1cc(-c2ccccc2F)n(S(=O)(=O)c2cccc(OCC(=O)N(C)C)c2)c1. The zero-order chi connectivity index (χ0) is 68.9. The number of ether oxygens (including phenoxy) is 3. The van der Waals surface area contributed by atoms with Crippen molar-refractivity contribution in [3.05, 3.63) is 217 Å². The number of nitrogens with one attached hydrogen (secondary N) is 3. The number of hydrogen-bond donors (Lipinski definition) is 4. The lowest BCUT2D eigenvalue weighted by Gasteiger charge is -2.14. The van der Waals surface area contributed by atoms with Crippen LogP contribution in [0.4, 0.5) is 13.2 Å². The number of nitrogens with zero attached hydrogens (tertiary/aromatic N) is 4. The van der Waals surface area contributed by atoms with Gasteiger partial charge in [-0.25, -0.2) is 50.3 Å². The molecule has 3 heterocycles. The van der Waals surface area contributed by atoms with Gasteiger partial charge in [0.05, 0.1) is 31.8 Å². The summed E-state index contributed by atoms with van der Waals surface area (Å²) >= 11 is 0. The van der Waals surface area contributed by atoms with Crippen LogP contribution < -0.4 is 30.2 Å². The van der Waals surface area contributed by atoms with Gasteiger partial charge < -0.3 is 40.2 Å². The predicted octanol–water partition coefficient (Wildman–Crippen LogP) is 10.1. The fourth-order valence-electron chi connectivity index (χ4n) is 9.50. The Morgan fingerprint density at radius 3 is 1.06 bits per heavy atom. The van der Waals surface area contributed by atoms with Crippen LogP contribution in [0.1, 0.15) is 55.7 Å². The number of halogens is 3. The highest BCUT2D eigenvalue weighted by atomic mass is 32.2. The standard InChI is InChI=1S/C24H27FN2O4S.C23H25FN2O5S.C22H24FN3O4S/c1-3-4-8-19(28)17-31-20-9-7-10-21(14-20)32(29,30)27-16-18(15-26-2)13-24(27)22-11-5-6-12-23(22)25;1-25-14-17-12-23(21-9-2-3-10-22(21)24)26(15-17)32(29,30)20-8-4-7-19(13-20)31-16-18(28)6-5-11-27;1-24-13-16-11-21(19-9-4-5-10-20(19)23)26(14-16)31(28,29)18-8-6-7-17(12-18)30-15-22(27)25(2)3/h5-7,9-14,16,26H,3-4,8,15,17H2,1-2H3;2-4,7-10,12-13,15,25,27H,5-6,11,14,16H2,1H3;4-12,14,24H,13,15H2,1-3H3. The zero-order valence-electron chi connectivity index (χ0n) is 53.3. The van der Waals surface area contributed by atoms with Crippen molar-refractivity contribution in [2.75, 3.05) is 61.7 Å². The van der Waals surface area contributed by atoms with Crippen LogP contribution in [-0.2, 0) is 64.1 Å². The third-order valence-corrected chi connectivity index (χ3v) is 19.3. The molecule has 0 atom stereocenters. The van der Waals surface area contributed by atoms with E-state index in [0.29, 0.717) is 49.2 Å². The molecule has 0 bridgehead atoms. The quantitative estimate of drug-likeness (QED) is 0.0326. The first-order valence-electron chi connectivity index (χ1n) is 30.1. The van der Waals surface area contributed by atoms with E-state index in [1.807, 2.05) is 6.92 Å². The second-order valence-corrected chi connectivity index (χ2v) is 27.2. The van der Waals surface area contributed by atoms with Crippen LogP contribution >= 0.6 is 0 Å². The van der Waals surface area contributed by atoms with Crippen LogP contribution in [0, 0.1) is 17.5 Å². The van der Waals surface area contributed by atoms with Gasteiger partial charge in [0.2, 0.25) is 0 Å². The Balaban J connectivity index is 0.000000201. The highest BCUT2D eigenvalue weighted by Gasteiger charge is 2.28. The maximum Gasteiger partial charge on any atom is 0.268 e. The summed E-state index contributed by atoms with van der Waals surface area (Å²) in [4.78, 5) is 36.7. The minimum atomic E-state index is -4.08. The summed E-state index contributed by atoms with van der Waals surface area (Å²) in [6.45, 7) is 2.61. The molecule has 6 aromatic carbocycles. The highest BCUT2D eigenvalue weighted by Crippen LogP contribution is 2.34. The number of hydrogen-bond acceptors (Lipinski definition) is 16. The molecule has 3 aromatic heterocycles. The first kappa shape index (κ1) is 73.3. The largest absolute Gasteiger partial charge is 0.486 e. The highest BCUT2D eigenvalue weighted by molar-refractivity contribution is 7.90. The van der Waals surface area contributed by atoms with E-state index < -0.39 is 47.5 Å². The number of benzene rings is 6. The average Bonchev–Trinajstić information content (AvgIpc) is 1.70. The Hall–Kier alpha value is -9.15. The van der Waals surface area contributed by atoms with Gasteiger partial charge in [0, 0.05) is 107 Å². The molecular formula is C69H76F3N7O13S3. The number of likely N-dealkylation sites (N-methyl/N-ethyl adjacent to an activating group) is 1. The number of aliphatic hydroxyl groups is 1. The Labute approximate surface area is 552 Å². The van der Waals surface area contributed by atoms with Gasteiger partial charge in [0.15, 0.2) is 18.2 Å². The number of aliphatic hydroxyl groups excluding tert-OH is 1. The zero-order valence-corrected chi connectivity index (χ0v) is 55.7. The molecule has 9 rings (SSSR count). The molecule has 0 radical (unpaired) electrons. The number of amides is 1. The lowest BCUT2D eigenvalue weighted by molar-refractivity contribution is -0.130. The summed E-state index contributed by atoms with van der Waals surface area (Å²) < 4.78 is 144. The summed E-state index contributed by atoms with van der Waals surface area (Å²) in [5, 5.41) is 17.7. The number of carbonyl (C=O) groups is 3. The second-order valence-electron chi connectivity index (χ2n) is 21.7. The molecule has 9 aromatic rings. The van der Waals surface area contributed by atoms with E-state index in [9.17, 15) is 52.8 Å². The van der Waals surface area contributed by atoms with Crippen LogP contribution in [0.15, 0.2) is 197 Å². The van der Waals surface area contributed by atoms with Crippen molar-refractivity contribution in [2.24, 2.45) is 0 Å². The molecule has 20 nitrogen and oxygen atoms in total. The van der Waals surface area contributed by atoms with Gasteiger partial charge in [0.25, 0.3) is 36.0 Å². The van der Waals surface area contributed by atoms with Crippen LogP contribution in [-0.4, -0.2) is 126 Å². The van der Waals surface area contributed by atoms with E-state index in [2.05, 4.69) is 16.0 Å². The van der Waals surface area contributed by atoms with E-state index in [1.54, 1.807) is 114 Å². The van der Waals surface area contributed by atoms with Crippen molar-refractivity contribution >= 4 is 47.5 Å². The molecule has 0 saturated carbocycles. The van der Waals surface area contributed by atoms with Gasteiger partial charge >= 0.3 is 0 Å². The van der Waals surface area contributed by atoms with Crippen molar-refractivity contribution < 1.29 is 72.1 Å². The number of aromatic nitrogens is 3. The molecule has 1 amide bonds. The molecule has 0 fully saturated rings. The van der Waals surface area contributed by atoms with Gasteiger partial charge in [-0.3, -0.25) is 14.4 Å². The molecule has 0 aliphatic rings. The van der Waals surface area contributed by atoms with Crippen molar-refractivity contribution in [2.45, 2.75) is 73.3 Å². The molecule has 0 spiro atoms. The minimum absolute atomic E-state index is 0.0137. The second kappa shape index (κ2) is 34.3. The number of ketones is 2. The first-order chi connectivity index (χ1) is 45.5.